The Hall–Kier alpha value is -2.26. The van der Waals surface area contributed by atoms with Crippen molar-refractivity contribution in [2.45, 2.75) is 0 Å². The molecule has 1 heterocycles. The summed E-state index contributed by atoms with van der Waals surface area (Å²) in [6.07, 6.45) is 0. The number of anilines is 3. The third kappa shape index (κ3) is 3.14. The first-order valence-corrected chi connectivity index (χ1v) is 6.20. The molecule has 0 aliphatic carbocycles. The summed E-state index contributed by atoms with van der Waals surface area (Å²) in [7, 11) is 1.60. The average Bonchev–Trinajstić information content (AvgIpc) is 2.40. The molecule has 0 unspecified atom stereocenters. The first-order chi connectivity index (χ1) is 9.12. The van der Waals surface area contributed by atoms with Gasteiger partial charge in [-0.25, -0.2) is 4.98 Å². The van der Waals surface area contributed by atoms with E-state index in [1.54, 1.807) is 19.2 Å². The lowest BCUT2D eigenvalue weighted by Crippen LogP contribution is -1.99. The summed E-state index contributed by atoms with van der Waals surface area (Å²) in [5, 5.41) is 12.0. The number of halogens is 1. The largest absolute Gasteiger partial charge is 0.497 e. The highest BCUT2D eigenvalue weighted by Crippen LogP contribution is 2.26. The molecule has 0 saturated carbocycles. The third-order valence-corrected chi connectivity index (χ3v) is 2.87. The van der Waals surface area contributed by atoms with Crippen LogP contribution in [0.25, 0.3) is 0 Å². The van der Waals surface area contributed by atoms with E-state index in [2.05, 4.69) is 26.2 Å². The SMILES string of the molecule is COc1cc(Br)cc(Nc2ccc(N)c(C#N)n2)c1. The van der Waals surface area contributed by atoms with E-state index < -0.39 is 0 Å². The minimum absolute atomic E-state index is 0.201. The van der Waals surface area contributed by atoms with Crippen molar-refractivity contribution in [1.29, 1.82) is 5.26 Å². The van der Waals surface area contributed by atoms with Gasteiger partial charge in [0.2, 0.25) is 0 Å². The number of ether oxygens (including phenoxy) is 1. The number of aromatic nitrogens is 1. The fourth-order valence-corrected chi connectivity index (χ4v) is 2.00. The van der Waals surface area contributed by atoms with Crippen molar-refractivity contribution < 1.29 is 4.74 Å². The second kappa shape index (κ2) is 5.59. The van der Waals surface area contributed by atoms with Gasteiger partial charge in [0.05, 0.1) is 12.8 Å². The fraction of sp³-hybridized carbons (Fsp3) is 0.0769. The lowest BCUT2D eigenvalue weighted by molar-refractivity contribution is 0.415. The van der Waals surface area contributed by atoms with Crippen molar-refractivity contribution in [3.8, 4) is 11.8 Å². The summed E-state index contributed by atoms with van der Waals surface area (Å²) in [4.78, 5) is 4.12. The maximum atomic E-state index is 8.89. The predicted molar refractivity (Wildman–Crippen MR) is 77.3 cm³/mol. The van der Waals surface area contributed by atoms with Gasteiger partial charge in [-0.05, 0) is 24.3 Å². The van der Waals surface area contributed by atoms with Gasteiger partial charge in [0.25, 0.3) is 0 Å². The van der Waals surface area contributed by atoms with Crippen molar-refractivity contribution in [1.82, 2.24) is 4.98 Å². The molecule has 0 aliphatic rings. The zero-order valence-electron chi connectivity index (χ0n) is 10.1. The van der Waals surface area contributed by atoms with Crippen LogP contribution in [-0.4, -0.2) is 12.1 Å². The lowest BCUT2D eigenvalue weighted by atomic mass is 10.3. The molecule has 0 amide bonds. The highest BCUT2D eigenvalue weighted by atomic mass is 79.9. The molecular weight excluding hydrogens is 308 g/mol. The van der Waals surface area contributed by atoms with Crippen molar-refractivity contribution in [3.05, 3.63) is 40.5 Å². The van der Waals surface area contributed by atoms with Crippen molar-refractivity contribution in [3.63, 3.8) is 0 Å². The summed E-state index contributed by atoms with van der Waals surface area (Å²) in [6, 6.07) is 10.9. The first kappa shape index (κ1) is 13.2. The number of benzene rings is 1. The number of hydrogen-bond acceptors (Lipinski definition) is 5. The average molecular weight is 319 g/mol. The van der Waals surface area contributed by atoms with Crippen LogP contribution < -0.4 is 15.8 Å². The van der Waals surface area contributed by atoms with Gasteiger partial charge >= 0.3 is 0 Å². The molecule has 0 spiro atoms. The molecular formula is C13H11BrN4O. The highest BCUT2D eigenvalue weighted by Gasteiger charge is 2.04. The molecule has 96 valence electrons. The number of nitrogen functional groups attached to an aromatic ring is 1. The molecule has 0 saturated heterocycles. The van der Waals surface area contributed by atoms with Gasteiger partial charge in [-0.15, -0.1) is 0 Å². The molecule has 1 aromatic carbocycles. The number of nitrogens with one attached hydrogen (secondary N) is 1. The normalized spacial score (nSPS) is 9.74. The van der Waals surface area contributed by atoms with Gasteiger partial charge in [0.1, 0.15) is 17.6 Å². The van der Waals surface area contributed by atoms with Crippen LogP contribution in [0.1, 0.15) is 5.69 Å². The van der Waals surface area contributed by atoms with E-state index in [0.717, 1.165) is 10.2 Å². The van der Waals surface area contributed by atoms with Crippen molar-refractivity contribution in [2.24, 2.45) is 0 Å². The van der Waals surface area contributed by atoms with E-state index in [0.29, 0.717) is 17.3 Å². The van der Waals surface area contributed by atoms with Crippen LogP contribution in [0.5, 0.6) is 5.75 Å². The van der Waals surface area contributed by atoms with Gasteiger partial charge < -0.3 is 15.8 Å². The Morgan fingerprint density at radius 3 is 2.84 bits per heavy atom. The second-order valence-corrected chi connectivity index (χ2v) is 4.67. The molecule has 19 heavy (non-hydrogen) atoms. The zero-order valence-corrected chi connectivity index (χ0v) is 11.7. The third-order valence-electron chi connectivity index (χ3n) is 2.41. The van der Waals surface area contributed by atoms with E-state index in [1.807, 2.05) is 24.3 Å². The van der Waals surface area contributed by atoms with Gasteiger partial charge in [0.15, 0.2) is 5.69 Å². The minimum atomic E-state index is 0.201. The van der Waals surface area contributed by atoms with E-state index in [-0.39, 0.29) is 5.69 Å². The van der Waals surface area contributed by atoms with E-state index >= 15 is 0 Å². The molecule has 1 aromatic heterocycles. The van der Waals surface area contributed by atoms with Crippen LogP contribution in [0.3, 0.4) is 0 Å². The molecule has 0 fully saturated rings. The standard InChI is InChI=1S/C13H11BrN4O/c1-19-10-5-8(14)4-9(6-10)17-13-3-2-11(16)12(7-15)18-13/h2-6H,16H2,1H3,(H,17,18). The Bertz CT molecular complexity index is 652. The number of nitrogens with two attached hydrogens (primary N) is 1. The van der Waals surface area contributed by atoms with Crippen LogP contribution in [0.2, 0.25) is 0 Å². The molecule has 2 rings (SSSR count). The topological polar surface area (TPSA) is 84.0 Å². The quantitative estimate of drug-likeness (QED) is 0.908. The number of pyridine rings is 1. The maximum absolute atomic E-state index is 8.89. The van der Waals surface area contributed by atoms with Crippen LogP contribution in [0.15, 0.2) is 34.8 Å². The van der Waals surface area contributed by atoms with Gasteiger partial charge in [-0.2, -0.15) is 5.26 Å². The van der Waals surface area contributed by atoms with E-state index in [1.165, 1.54) is 0 Å². The fourth-order valence-electron chi connectivity index (χ4n) is 1.53. The molecule has 5 nitrogen and oxygen atoms in total. The Morgan fingerprint density at radius 1 is 1.37 bits per heavy atom. The van der Waals surface area contributed by atoms with Crippen molar-refractivity contribution >= 4 is 33.1 Å². The Balaban J connectivity index is 2.31. The smallest absolute Gasteiger partial charge is 0.165 e. The zero-order chi connectivity index (χ0) is 13.8. The number of nitriles is 1. The Kier molecular flexibility index (Phi) is 3.88. The number of methoxy groups -OCH3 is 1. The summed E-state index contributed by atoms with van der Waals surface area (Å²) in [5.41, 5.74) is 6.98. The molecule has 6 heteroatoms. The van der Waals surface area contributed by atoms with Crippen molar-refractivity contribution in [2.75, 3.05) is 18.2 Å². The monoisotopic (exact) mass is 318 g/mol. The van der Waals surface area contributed by atoms with Crippen LogP contribution >= 0.6 is 15.9 Å². The molecule has 2 aromatic rings. The molecule has 0 aliphatic heterocycles. The first-order valence-electron chi connectivity index (χ1n) is 5.40. The number of hydrogen-bond donors (Lipinski definition) is 2. The lowest BCUT2D eigenvalue weighted by Gasteiger charge is -2.09. The Morgan fingerprint density at radius 2 is 2.16 bits per heavy atom. The van der Waals surface area contributed by atoms with E-state index in [4.69, 9.17) is 15.7 Å². The van der Waals surface area contributed by atoms with E-state index in [9.17, 15) is 0 Å². The molecule has 0 radical (unpaired) electrons. The highest BCUT2D eigenvalue weighted by molar-refractivity contribution is 9.10. The van der Waals surface area contributed by atoms with Gasteiger partial charge in [-0.3, -0.25) is 0 Å². The maximum Gasteiger partial charge on any atom is 0.165 e. The van der Waals surface area contributed by atoms with Gasteiger partial charge in [0, 0.05) is 16.2 Å². The molecule has 3 N–H and O–H groups in total. The predicted octanol–water partition coefficient (Wildman–Crippen LogP) is 3.05. The van der Waals surface area contributed by atoms with Gasteiger partial charge in [-0.1, -0.05) is 15.9 Å². The minimum Gasteiger partial charge on any atom is -0.497 e. The molecule has 0 bridgehead atoms. The summed E-state index contributed by atoms with van der Waals surface area (Å²) >= 11 is 3.39. The van der Waals surface area contributed by atoms with Crippen LogP contribution in [0, 0.1) is 11.3 Å². The second-order valence-electron chi connectivity index (χ2n) is 3.75. The summed E-state index contributed by atoms with van der Waals surface area (Å²) in [6.45, 7) is 0. The summed E-state index contributed by atoms with van der Waals surface area (Å²) < 4.78 is 6.05. The number of nitrogens with zero attached hydrogens (tertiary/aromatic N) is 2. The van der Waals surface area contributed by atoms with Crippen LogP contribution in [-0.2, 0) is 0 Å². The Labute approximate surface area is 119 Å². The summed E-state index contributed by atoms with van der Waals surface area (Å²) in [5.74, 6) is 1.26. The molecule has 0 atom stereocenters. The van der Waals surface area contributed by atoms with Crippen LogP contribution in [0.4, 0.5) is 17.2 Å². The number of rotatable bonds is 3.